The lowest BCUT2D eigenvalue weighted by Crippen LogP contribution is -2.64. The van der Waals surface area contributed by atoms with Crippen LogP contribution >= 0.6 is 0 Å². The van der Waals surface area contributed by atoms with Crippen molar-refractivity contribution in [3.8, 4) is 0 Å². The molecular weight excluding hydrogens is 335 g/mol. The van der Waals surface area contributed by atoms with Crippen LogP contribution in [0.4, 0.5) is 4.39 Å². The summed E-state index contributed by atoms with van der Waals surface area (Å²) < 4.78 is 20.4. The first-order chi connectivity index (χ1) is 12.8. The Bertz CT molecular complexity index is 498. The van der Waals surface area contributed by atoms with Crippen LogP contribution in [0.2, 0.25) is 0 Å². The molecule has 2 bridgehead atoms. The Balaban J connectivity index is 1.39. The van der Waals surface area contributed by atoms with E-state index in [1.807, 2.05) is 0 Å². The molecule has 0 aromatic rings. The van der Waals surface area contributed by atoms with E-state index < -0.39 is 6.17 Å². The van der Waals surface area contributed by atoms with Crippen molar-refractivity contribution < 1.29 is 9.13 Å². The molecule has 0 spiro atoms. The third-order valence-electron chi connectivity index (χ3n) is 7.02. The molecular formula is C18H33FN6O. The maximum atomic E-state index is 14.2. The molecule has 5 aliphatic rings. The van der Waals surface area contributed by atoms with Gasteiger partial charge in [-0.3, -0.25) is 21.0 Å². The van der Waals surface area contributed by atoms with Crippen LogP contribution in [-0.2, 0) is 4.74 Å². The van der Waals surface area contributed by atoms with Crippen LogP contribution in [-0.4, -0.2) is 86.6 Å². The summed E-state index contributed by atoms with van der Waals surface area (Å²) in [4.78, 5) is 2.64. The lowest BCUT2D eigenvalue weighted by atomic mass is 9.87. The molecule has 0 saturated carbocycles. The second kappa shape index (κ2) is 7.58. The second-order valence-corrected chi connectivity index (χ2v) is 8.58. The molecule has 5 rings (SSSR count). The molecule has 5 saturated heterocycles. The zero-order valence-corrected chi connectivity index (χ0v) is 15.5. The third kappa shape index (κ3) is 3.30. The van der Waals surface area contributed by atoms with Gasteiger partial charge in [0.1, 0.15) is 12.4 Å². The molecule has 4 N–H and O–H groups in total. The van der Waals surface area contributed by atoms with Crippen molar-refractivity contribution in [2.45, 2.75) is 56.5 Å². The summed E-state index contributed by atoms with van der Waals surface area (Å²) in [5.41, 5.74) is 3.56. The van der Waals surface area contributed by atoms with Crippen LogP contribution in [0.3, 0.4) is 0 Å². The fraction of sp³-hybridized carbons (Fsp3) is 1.00. The Morgan fingerprint density at radius 3 is 3.00 bits per heavy atom. The van der Waals surface area contributed by atoms with E-state index in [0.29, 0.717) is 43.9 Å². The normalized spacial score (nSPS) is 48.1. The Labute approximate surface area is 155 Å². The highest BCUT2D eigenvalue weighted by atomic mass is 19.1. The number of hydrogen-bond acceptors (Lipinski definition) is 7. The number of halogens is 1. The van der Waals surface area contributed by atoms with Crippen molar-refractivity contribution >= 4 is 0 Å². The Morgan fingerprint density at radius 2 is 2.04 bits per heavy atom. The average Bonchev–Trinajstić information content (AvgIpc) is 3.28. The standard InChI is InChI=1S/C18H33FN6O/c19-13-8-14-15-2-1-5-24(15)16-3-6-25-17(23-16)12(10-22-25)9-20-4-7-26-18(14)21-11-13/h12-18,20-23H,1-11H2/t12?,13?,14?,15-,16?,17?,18?/m1/s1. The zero-order valence-electron chi connectivity index (χ0n) is 15.5. The summed E-state index contributed by atoms with van der Waals surface area (Å²) >= 11 is 0. The van der Waals surface area contributed by atoms with Crippen molar-refractivity contribution in [1.82, 2.24) is 31.3 Å². The van der Waals surface area contributed by atoms with Crippen molar-refractivity contribution in [2.24, 2.45) is 11.8 Å². The topological polar surface area (TPSA) is 63.8 Å². The van der Waals surface area contributed by atoms with Crippen molar-refractivity contribution in [3.05, 3.63) is 0 Å². The first-order valence-corrected chi connectivity index (χ1v) is 10.5. The maximum Gasteiger partial charge on any atom is 0.113 e. The van der Waals surface area contributed by atoms with Crippen LogP contribution in [0.25, 0.3) is 0 Å². The summed E-state index contributed by atoms with van der Waals surface area (Å²) in [5.74, 6) is 0.801. The molecule has 5 heterocycles. The van der Waals surface area contributed by atoms with Crippen LogP contribution in [0.15, 0.2) is 0 Å². The van der Waals surface area contributed by atoms with E-state index in [-0.39, 0.29) is 12.1 Å². The van der Waals surface area contributed by atoms with E-state index in [4.69, 9.17) is 4.74 Å². The quantitative estimate of drug-likeness (QED) is 0.457. The maximum absolute atomic E-state index is 14.2. The molecule has 26 heavy (non-hydrogen) atoms. The zero-order chi connectivity index (χ0) is 17.5. The number of ether oxygens (including phenoxy) is 1. The largest absolute Gasteiger partial charge is 0.362 e. The SMILES string of the molecule is FC1CNC2OCCNCC3CNN4CCC(NC34)N3CCC[C@@H]3C2C1. The minimum Gasteiger partial charge on any atom is -0.362 e. The number of fused-ring (bicyclic) bond motifs is 5. The molecule has 8 heteroatoms. The smallest absolute Gasteiger partial charge is 0.113 e. The van der Waals surface area contributed by atoms with E-state index in [1.165, 1.54) is 6.42 Å². The monoisotopic (exact) mass is 368 g/mol. The minimum absolute atomic E-state index is 0.0172. The lowest BCUT2D eigenvalue weighted by Gasteiger charge is -2.46. The highest BCUT2D eigenvalue weighted by molar-refractivity contribution is 4.98. The summed E-state index contributed by atoms with van der Waals surface area (Å²) in [6.07, 6.45) is 4.12. The minimum atomic E-state index is -0.755. The van der Waals surface area contributed by atoms with E-state index in [9.17, 15) is 4.39 Å². The van der Waals surface area contributed by atoms with Gasteiger partial charge >= 0.3 is 0 Å². The van der Waals surface area contributed by atoms with Crippen LogP contribution in [0, 0.1) is 11.8 Å². The van der Waals surface area contributed by atoms with E-state index in [1.54, 1.807) is 0 Å². The second-order valence-electron chi connectivity index (χ2n) is 8.58. The molecule has 7 nitrogen and oxygen atoms in total. The van der Waals surface area contributed by atoms with Crippen LogP contribution in [0.5, 0.6) is 0 Å². The summed E-state index contributed by atoms with van der Waals surface area (Å²) in [5, 5.41) is 13.2. The number of nitrogens with zero attached hydrogens (tertiary/aromatic N) is 2. The number of hydrazine groups is 1. The fourth-order valence-corrected chi connectivity index (χ4v) is 5.78. The number of piperidine rings is 1. The van der Waals surface area contributed by atoms with Gasteiger partial charge in [0.15, 0.2) is 0 Å². The van der Waals surface area contributed by atoms with Gasteiger partial charge < -0.3 is 10.1 Å². The molecule has 6 unspecified atom stereocenters. The van der Waals surface area contributed by atoms with Gasteiger partial charge in [0.2, 0.25) is 0 Å². The molecule has 148 valence electrons. The van der Waals surface area contributed by atoms with Gasteiger partial charge in [0, 0.05) is 50.6 Å². The first kappa shape index (κ1) is 17.7. The fourth-order valence-electron chi connectivity index (χ4n) is 5.78. The lowest BCUT2D eigenvalue weighted by molar-refractivity contribution is -0.0756. The molecule has 5 aliphatic heterocycles. The van der Waals surface area contributed by atoms with Gasteiger partial charge in [-0.1, -0.05) is 0 Å². The Hall–Kier alpha value is -0.350. The van der Waals surface area contributed by atoms with Crippen molar-refractivity contribution in [2.75, 3.05) is 45.9 Å². The molecule has 0 radical (unpaired) electrons. The van der Waals surface area contributed by atoms with E-state index in [0.717, 1.165) is 45.6 Å². The van der Waals surface area contributed by atoms with Gasteiger partial charge in [-0.05, 0) is 32.2 Å². The summed E-state index contributed by atoms with van der Waals surface area (Å²) in [6.45, 7) is 6.18. The van der Waals surface area contributed by atoms with Gasteiger partial charge in [-0.25, -0.2) is 9.40 Å². The number of hydrogen-bond donors (Lipinski definition) is 4. The molecule has 7 atom stereocenters. The summed E-state index contributed by atoms with van der Waals surface area (Å²) in [6, 6.07) is 0.414. The van der Waals surface area contributed by atoms with Crippen LogP contribution < -0.4 is 21.4 Å². The number of nitrogens with one attached hydrogen (secondary N) is 4. The van der Waals surface area contributed by atoms with Gasteiger partial charge in [-0.2, -0.15) is 0 Å². The number of rotatable bonds is 0. The van der Waals surface area contributed by atoms with Gasteiger partial charge in [0.25, 0.3) is 0 Å². The Morgan fingerprint density at radius 1 is 1.08 bits per heavy atom. The highest BCUT2D eigenvalue weighted by Crippen LogP contribution is 2.35. The average molecular weight is 369 g/mol. The predicted octanol–water partition coefficient (Wildman–Crippen LogP) is -0.574. The van der Waals surface area contributed by atoms with E-state index >= 15 is 0 Å². The predicted molar refractivity (Wildman–Crippen MR) is 96.9 cm³/mol. The van der Waals surface area contributed by atoms with Crippen molar-refractivity contribution in [1.29, 1.82) is 0 Å². The summed E-state index contributed by atoms with van der Waals surface area (Å²) in [7, 11) is 0. The molecule has 5 fully saturated rings. The van der Waals surface area contributed by atoms with E-state index in [2.05, 4.69) is 31.3 Å². The third-order valence-corrected chi connectivity index (χ3v) is 7.02. The number of alkyl halides is 1. The van der Waals surface area contributed by atoms with Crippen molar-refractivity contribution in [3.63, 3.8) is 0 Å². The highest BCUT2D eigenvalue weighted by Gasteiger charge is 2.46. The molecule has 0 aliphatic carbocycles. The van der Waals surface area contributed by atoms with Gasteiger partial charge in [0.05, 0.1) is 18.9 Å². The van der Waals surface area contributed by atoms with Crippen LogP contribution in [0.1, 0.15) is 25.7 Å². The Kier molecular flexibility index (Phi) is 5.17. The molecule has 0 aromatic carbocycles. The van der Waals surface area contributed by atoms with Gasteiger partial charge in [-0.15, -0.1) is 0 Å². The molecule has 0 aromatic heterocycles. The first-order valence-electron chi connectivity index (χ1n) is 10.5. The molecule has 0 amide bonds.